The Morgan fingerprint density at radius 1 is 1.35 bits per heavy atom. The fourth-order valence-corrected chi connectivity index (χ4v) is 2.57. The number of urea groups is 1. The first-order valence-corrected chi connectivity index (χ1v) is 7.59. The first-order valence-electron chi connectivity index (χ1n) is 7.59. The fraction of sp³-hybridized carbons (Fsp3) is 0.867. The summed E-state index contributed by atoms with van der Waals surface area (Å²) in [6.07, 6.45) is 2.63. The number of piperidine rings is 1. The molecule has 116 valence electrons. The Morgan fingerprint density at radius 2 is 2.00 bits per heavy atom. The van der Waals surface area contributed by atoms with Gasteiger partial charge in [0.25, 0.3) is 0 Å². The van der Waals surface area contributed by atoms with Crippen molar-refractivity contribution in [3.63, 3.8) is 0 Å². The first kappa shape index (κ1) is 16.8. The summed E-state index contributed by atoms with van der Waals surface area (Å²) < 4.78 is 0. The minimum absolute atomic E-state index is 0.0739. The Kier molecular flexibility index (Phi) is 5.84. The summed E-state index contributed by atoms with van der Waals surface area (Å²) in [6.45, 7) is 11.4. The molecule has 0 aliphatic carbocycles. The molecule has 1 heterocycles. The molecule has 0 spiro atoms. The molecule has 20 heavy (non-hydrogen) atoms. The molecule has 1 fully saturated rings. The number of nitrogens with zero attached hydrogens (tertiary/aromatic N) is 1. The van der Waals surface area contributed by atoms with E-state index in [4.69, 9.17) is 0 Å². The third kappa shape index (κ3) is 5.39. The second kappa shape index (κ2) is 6.95. The fourth-order valence-electron chi connectivity index (χ4n) is 2.57. The summed E-state index contributed by atoms with van der Waals surface area (Å²) >= 11 is 0. The van der Waals surface area contributed by atoms with Gasteiger partial charge in [-0.2, -0.15) is 0 Å². The summed E-state index contributed by atoms with van der Waals surface area (Å²) in [5, 5.41) is 5.90. The van der Waals surface area contributed by atoms with Crippen molar-refractivity contribution in [1.82, 2.24) is 15.5 Å². The smallest absolute Gasteiger partial charge is 0.315 e. The predicted octanol–water partition coefficient (Wildman–Crippen LogP) is 2.12. The number of likely N-dealkylation sites (tertiary alicyclic amines) is 1. The highest BCUT2D eigenvalue weighted by molar-refractivity contribution is 5.76. The zero-order valence-electron chi connectivity index (χ0n) is 13.5. The number of nitrogens with one attached hydrogen (secondary N) is 2. The lowest BCUT2D eigenvalue weighted by Gasteiger charge is -2.36. The van der Waals surface area contributed by atoms with E-state index in [1.165, 1.54) is 0 Å². The SMILES string of the molecule is CCC(=O)N1CCCC(C(C)NC(=O)NC(C)(C)C)C1. The molecule has 2 unspecified atom stereocenters. The summed E-state index contributed by atoms with van der Waals surface area (Å²) in [6, 6.07) is -0.0613. The van der Waals surface area contributed by atoms with Crippen LogP contribution in [-0.2, 0) is 4.79 Å². The number of carbonyl (C=O) groups is 2. The molecular weight excluding hydrogens is 254 g/mol. The van der Waals surface area contributed by atoms with E-state index in [-0.39, 0.29) is 23.5 Å². The molecule has 0 aromatic heterocycles. The van der Waals surface area contributed by atoms with Gasteiger partial charge in [-0.15, -0.1) is 0 Å². The van der Waals surface area contributed by atoms with Crippen molar-refractivity contribution in [1.29, 1.82) is 0 Å². The highest BCUT2D eigenvalue weighted by atomic mass is 16.2. The second-order valence-corrected chi connectivity index (χ2v) is 6.73. The molecule has 0 radical (unpaired) electrons. The number of hydrogen-bond acceptors (Lipinski definition) is 2. The number of carbonyl (C=O) groups excluding carboxylic acids is 2. The van der Waals surface area contributed by atoms with Crippen LogP contribution < -0.4 is 10.6 Å². The van der Waals surface area contributed by atoms with E-state index in [1.54, 1.807) is 0 Å². The van der Waals surface area contributed by atoms with E-state index in [2.05, 4.69) is 10.6 Å². The van der Waals surface area contributed by atoms with E-state index in [9.17, 15) is 9.59 Å². The molecule has 5 nitrogen and oxygen atoms in total. The van der Waals surface area contributed by atoms with Gasteiger partial charge in [0.15, 0.2) is 0 Å². The van der Waals surface area contributed by atoms with E-state index in [1.807, 2.05) is 39.5 Å². The minimum atomic E-state index is -0.236. The van der Waals surface area contributed by atoms with Crippen LogP contribution in [0.25, 0.3) is 0 Å². The molecule has 0 aromatic rings. The van der Waals surface area contributed by atoms with Gasteiger partial charge in [-0.1, -0.05) is 6.92 Å². The van der Waals surface area contributed by atoms with E-state index in [0.717, 1.165) is 25.9 Å². The van der Waals surface area contributed by atoms with Crippen LogP contribution in [0.1, 0.15) is 53.9 Å². The number of hydrogen-bond donors (Lipinski definition) is 2. The van der Waals surface area contributed by atoms with Gasteiger partial charge in [-0.05, 0) is 46.5 Å². The number of rotatable bonds is 3. The van der Waals surface area contributed by atoms with Gasteiger partial charge in [-0.25, -0.2) is 4.79 Å². The molecule has 2 N–H and O–H groups in total. The van der Waals surface area contributed by atoms with Crippen LogP contribution in [0.4, 0.5) is 4.79 Å². The molecule has 1 aliphatic rings. The van der Waals surface area contributed by atoms with Crippen molar-refractivity contribution in [3.8, 4) is 0 Å². The lowest BCUT2D eigenvalue weighted by Crippen LogP contribution is -2.53. The summed E-state index contributed by atoms with van der Waals surface area (Å²) in [5.74, 6) is 0.547. The van der Waals surface area contributed by atoms with Crippen molar-refractivity contribution < 1.29 is 9.59 Å². The van der Waals surface area contributed by atoms with Crippen LogP contribution >= 0.6 is 0 Å². The Bertz CT molecular complexity index is 350. The third-order valence-electron chi connectivity index (χ3n) is 3.67. The van der Waals surface area contributed by atoms with Crippen LogP contribution in [0.2, 0.25) is 0 Å². The standard InChI is InChI=1S/C15H29N3O2/c1-6-13(19)18-9-7-8-12(10-18)11(2)16-14(20)17-15(3,4)5/h11-12H,6-10H2,1-5H3,(H2,16,17,20). The van der Waals surface area contributed by atoms with E-state index >= 15 is 0 Å². The zero-order chi connectivity index (χ0) is 15.3. The van der Waals surface area contributed by atoms with Crippen molar-refractivity contribution in [2.45, 2.75) is 65.5 Å². The summed E-state index contributed by atoms with van der Waals surface area (Å²) in [4.78, 5) is 25.6. The van der Waals surface area contributed by atoms with Crippen LogP contribution in [0.5, 0.6) is 0 Å². The normalized spacial score (nSPS) is 21.2. The quantitative estimate of drug-likeness (QED) is 0.833. The Hall–Kier alpha value is -1.26. The Labute approximate surface area is 122 Å². The monoisotopic (exact) mass is 283 g/mol. The zero-order valence-corrected chi connectivity index (χ0v) is 13.5. The predicted molar refractivity (Wildman–Crippen MR) is 80.5 cm³/mol. The molecular formula is C15H29N3O2. The van der Waals surface area contributed by atoms with Crippen LogP contribution in [0.15, 0.2) is 0 Å². The van der Waals surface area contributed by atoms with E-state index < -0.39 is 0 Å². The lowest BCUT2D eigenvalue weighted by molar-refractivity contribution is -0.132. The van der Waals surface area contributed by atoms with Crippen LogP contribution in [-0.4, -0.2) is 41.5 Å². The van der Waals surface area contributed by atoms with Crippen molar-refractivity contribution >= 4 is 11.9 Å². The third-order valence-corrected chi connectivity index (χ3v) is 3.67. The minimum Gasteiger partial charge on any atom is -0.342 e. The molecule has 1 saturated heterocycles. The first-order chi connectivity index (χ1) is 9.23. The van der Waals surface area contributed by atoms with Gasteiger partial charge in [-0.3, -0.25) is 4.79 Å². The van der Waals surface area contributed by atoms with Crippen LogP contribution in [0.3, 0.4) is 0 Å². The molecule has 1 rings (SSSR count). The van der Waals surface area contributed by atoms with Gasteiger partial charge in [0.2, 0.25) is 5.91 Å². The molecule has 1 aliphatic heterocycles. The molecule has 0 saturated carbocycles. The van der Waals surface area contributed by atoms with Gasteiger partial charge in [0.1, 0.15) is 0 Å². The summed E-state index contributed by atoms with van der Waals surface area (Å²) in [7, 11) is 0. The average Bonchev–Trinajstić information content (AvgIpc) is 2.35. The highest BCUT2D eigenvalue weighted by Gasteiger charge is 2.28. The van der Waals surface area contributed by atoms with E-state index in [0.29, 0.717) is 12.3 Å². The molecule has 2 atom stereocenters. The maximum Gasteiger partial charge on any atom is 0.315 e. The van der Waals surface area contributed by atoms with Gasteiger partial charge in [0.05, 0.1) is 0 Å². The van der Waals surface area contributed by atoms with Crippen LogP contribution in [0, 0.1) is 5.92 Å². The number of amides is 3. The largest absolute Gasteiger partial charge is 0.342 e. The molecule has 5 heteroatoms. The lowest BCUT2D eigenvalue weighted by atomic mass is 9.91. The molecule has 0 bridgehead atoms. The summed E-state index contributed by atoms with van der Waals surface area (Å²) in [5.41, 5.74) is -0.236. The van der Waals surface area contributed by atoms with Crippen molar-refractivity contribution in [3.05, 3.63) is 0 Å². The van der Waals surface area contributed by atoms with Gasteiger partial charge in [0, 0.05) is 31.1 Å². The maximum absolute atomic E-state index is 11.9. The topological polar surface area (TPSA) is 61.4 Å². The molecule has 3 amide bonds. The maximum atomic E-state index is 11.9. The average molecular weight is 283 g/mol. The Balaban J connectivity index is 2.48. The second-order valence-electron chi connectivity index (χ2n) is 6.73. The molecule has 0 aromatic carbocycles. The highest BCUT2D eigenvalue weighted by Crippen LogP contribution is 2.20. The van der Waals surface area contributed by atoms with Crippen molar-refractivity contribution in [2.75, 3.05) is 13.1 Å². The Morgan fingerprint density at radius 3 is 2.55 bits per heavy atom. The van der Waals surface area contributed by atoms with Crippen molar-refractivity contribution in [2.24, 2.45) is 5.92 Å². The van der Waals surface area contributed by atoms with Gasteiger partial charge < -0.3 is 15.5 Å². The van der Waals surface area contributed by atoms with Gasteiger partial charge >= 0.3 is 6.03 Å².